The van der Waals surface area contributed by atoms with Crippen molar-refractivity contribution in [2.24, 2.45) is 4.99 Å². The Morgan fingerprint density at radius 3 is 2.29 bits per heavy atom. The number of urea groups is 1. The van der Waals surface area contributed by atoms with Gasteiger partial charge < -0.3 is 15.0 Å². The fourth-order valence-corrected chi connectivity index (χ4v) is 5.12. The SMILES string of the molecule is O=C(Nc1cccc(C2=CN=CC2)c1)N(CCC(c1ccccc1)c1ccccc1)CCN1CCOCC1. The molecule has 0 aliphatic carbocycles. The van der Waals surface area contributed by atoms with Crippen LogP contribution in [-0.2, 0) is 4.74 Å². The topological polar surface area (TPSA) is 57.2 Å². The molecule has 0 saturated carbocycles. The molecule has 0 aromatic heterocycles. The molecule has 196 valence electrons. The smallest absolute Gasteiger partial charge is 0.321 e. The van der Waals surface area contributed by atoms with Gasteiger partial charge in [0.25, 0.3) is 0 Å². The molecule has 2 heterocycles. The molecule has 6 heteroatoms. The summed E-state index contributed by atoms with van der Waals surface area (Å²) in [6.07, 6.45) is 5.46. The lowest BCUT2D eigenvalue weighted by Crippen LogP contribution is -2.44. The highest BCUT2D eigenvalue weighted by Crippen LogP contribution is 2.28. The standard InChI is InChI=1S/C32H36N4O2/c37-32(34-30-13-7-12-28(24-30)29-14-16-33-25-29)36(19-18-35-20-22-38-23-21-35)17-15-31(26-8-3-1-4-9-26)27-10-5-2-6-11-27/h1-13,16,24-25,31H,14-15,17-23H2,(H,34,37). The van der Waals surface area contributed by atoms with E-state index in [4.69, 9.17) is 4.74 Å². The molecule has 2 aliphatic rings. The van der Waals surface area contributed by atoms with E-state index in [9.17, 15) is 4.79 Å². The van der Waals surface area contributed by atoms with Gasteiger partial charge in [-0.3, -0.25) is 9.89 Å². The van der Waals surface area contributed by atoms with Gasteiger partial charge in [0, 0.05) is 63.2 Å². The number of anilines is 1. The first-order valence-electron chi connectivity index (χ1n) is 13.5. The van der Waals surface area contributed by atoms with E-state index in [0.29, 0.717) is 13.1 Å². The van der Waals surface area contributed by atoms with Crippen LogP contribution >= 0.6 is 0 Å². The number of rotatable bonds is 10. The highest BCUT2D eigenvalue weighted by Gasteiger charge is 2.21. The van der Waals surface area contributed by atoms with Crippen LogP contribution in [0.15, 0.2) is 96.1 Å². The second-order valence-electron chi connectivity index (χ2n) is 9.80. The summed E-state index contributed by atoms with van der Waals surface area (Å²) in [5, 5.41) is 3.17. The normalized spacial score (nSPS) is 15.4. The number of carbonyl (C=O) groups excluding carboxylic acids is 1. The zero-order valence-corrected chi connectivity index (χ0v) is 21.8. The molecule has 38 heavy (non-hydrogen) atoms. The number of morpholine rings is 1. The van der Waals surface area contributed by atoms with E-state index in [1.54, 1.807) is 0 Å². The number of amides is 2. The highest BCUT2D eigenvalue weighted by molar-refractivity contribution is 5.91. The number of nitrogens with zero attached hydrogens (tertiary/aromatic N) is 3. The van der Waals surface area contributed by atoms with Crippen molar-refractivity contribution in [2.75, 3.05) is 51.3 Å². The minimum absolute atomic E-state index is 0.0630. The van der Waals surface area contributed by atoms with Gasteiger partial charge in [0.2, 0.25) is 0 Å². The summed E-state index contributed by atoms with van der Waals surface area (Å²) in [4.78, 5) is 22.2. The Kier molecular flexibility index (Phi) is 8.98. The number of hydrogen-bond acceptors (Lipinski definition) is 4. The lowest BCUT2D eigenvalue weighted by molar-refractivity contribution is 0.0351. The number of allylic oxidation sites excluding steroid dienone is 1. The van der Waals surface area contributed by atoms with Crippen LogP contribution in [-0.4, -0.2) is 68.0 Å². The molecule has 0 spiro atoms. The van der Waals surface area contributed by atoms with Gasteiger partial charge in [0.15, 0.2) is 0 Å². The van der Waals surface area contributed by atoms with E-state index < -0.39 is 0 Å². The zero-order chi connectivity index (χ0) is 26.0. The molecule has 0 atom stereocenters. The predicted molar refractivity (Wildman–Crippen MR) is 155 cm³/mol. The maximum Gasteiger partial charge on any atom is 0.321 e. The van der Waals surface area contributed by atoms with Crippen molar-refractivity contribution in [3.05, 3.63) is 108 Å². The predicted octanol–water partition coefficient (Wildman–Crippen LogP) is 5.89. The summed E-state index contributed by atoms with van der Waals surface area (Å²) in [6, 6.07) is 29.2. The van der Waals surface area contributed by atoms with E-state index >= 15 is 0 Å². The number of ether oxygens (including phenoxy) is 1. The summed E-state index contributed by atoms with van der Waals surface area (Å²) < 4.78 is 5.52. The molecule has 0 bridgehead atoms. The maximum atomic E-state index is 13.6. The molecule has 1 fully saturated rings. The molecule has 3 aromatic carbocycles. The van der Waals surface area contributed by atoms with E-state index in [0.717, 1.165) is 56.9 Å². The van der Waals surface area contributed by atoms with Gasteiger partial charge in [0.1, 0.15) is 0 Å². The number of aliphatic imine (C=N–C) groups is 1. The summed E-state index contributed by atoms with van der Waals surface area (Å²) in [7, 11) is 0. The first-order valence-corrected chi connectivity index (χ1v) is 13.5. The van der Waals surface area contributed by atoms with Crippen LogP contribution in [0, 0.1) is 0 Å². The average molecular weight is 509 g/mol. The van der Waals surface area contributed by atoms with Gasteiger partial charge in [-0.2, -0.15) is 0 Å². The van der Waals surface area contributed by atoms with Crippen molar-refractivity contribution >= 4 is 23.5 Å². The van der Waals surface area contributed by atoms with Crippen molar-refractivity contribution in [1.82, 2.24) is 9.80 Å². The molecule has 6 nitrogen and oxygen atoms in total. The van der Waals surface area contributed by atoms with Crippen molar-refractivity contribution in [1.29, 1.82) is 0 Å². The van der Waals surface area contributed by atoms with Crippen molar-refractivity contribution < 1.29 is 9.53 Å². The summed E-state index contributed by atoms with van der Waals surface area (Å²) in [5.41, 5.74) is 5.60. The van der Waals surface area contributed by atoms with Gasteiger partial charge in [0.05, 0.1) is 13.2 Å². The van der Waals surface area contributed by atoms with Crippen molar-refractivity contribution in [3.63, 3.8) is 0 Å². The van der Waals surface area contributed by atoms with Crippen LogP contribution in [0.5, 0.6) is 0 Å². The van der Waals surface area contributed by atoms with Gasteiger partial charge >= 0.3 is 6.03 Å². The molecule has 1 N–H and O–H groups in total. The van der Waals surface area contributed by atoms with Crippen LogP contribution in [0.1, 0.15) is 35.4 Å². The Hall–Kier alpha value is -3.74. The molecule has 0 unspecified atom stereocenters. The van der Waals surface area contributed by atoms with E-state index in [1.165, 1.54) is 16.7 Å². The molecular formula is C32H36N4O2. The Balaban J connectivity index is 1.31. The van der Waals surface area contributed by atoms with Crippen LogP contribution in [0.4, 0.5) is 10.5 Å². The Labute approximate surface area is 225 Å². The summed E-state index contributed by atoms with van der Waals surface area (Å²) in [5.74, 6) is 0.216. The molecule has 2 aliphatic heterocycles. The molecule has 2 amide bonds. The molecule has 5 rings (SSSR count). The summed E-state index contributed by atoms with van der Waals surface area (Å²) in [6.45, 7) is 5.48. The van der Waals surface area contributed by atoms with Gasteiger partial charge in [-0.05, 0) is 40.8 Å². The fraction of sp³-hybridized carbons (Fsp3) is 0.312. The molecular weight excluding hydrogens is 472 g/mol. The number of carbonyl (C=O) groups is 1. The van der Waals surface area contributed by atoms with E-state index in [-0.39, 0.29) is 11.9 Å². The van der Waals surface area contributed by atoms with Crippen molar-refractivity contribution in [3.8, 4) is 0 Å². The average Bonchev–Trinajstić information content (AvgIpc) is 3.52. The summed E-state index contributed by atoms with van der Waals surface area (Å²) >= 11 is 0. The van der Waals surface area contributed by atoms with E-state index in [2.05, 4.69) is 81.9 Å². The minimum Gasteiger partial charge on any atom is -0.379 e. The van der Waals surface area contributed by atoms with Gasteiger partial charge in [-0.25, -0.2) is 4.79 Å². The number of hydrogen-bond donors (Lipinski definition) is 1. The molecule has 3 aromatic rings. The minimum atomic E-state index is -0.0630. The number of nitrogens with one attached hydrogen (secondary N) is 1. The first kappa shape index (κ1) is 25.9. The monoisotopic (exact) mass is 508 g/mol. The third kappa shape index (κ3) is 6.97. The quantitative estimate of drug-likeness (QED) is 0.372. The molecule has 0 radical (unpaired) electrons. The fourth-order valence-electron chi connectivity index (χ4n) is 5.12. The largest absolute Gasteiger partial charge is 0.379 e. The van der Waals surface area contributed by atoms with Crippen LogP contribution < -0.4 is 5.32 Å². The Bertz CT molecular complexity index is 1200. The highest BCUT2D eigenvalue weighted by atomic mass is 16.5. The number of benzene rings is 3. The lowest BCUT2D eigenvalue weighted by Gasteiger charge is -2.31. The van der Waals surface area contributed by atoms with Crippen LogP contribution in [0.25, 0.3) is 5.57 Å². The second-order valence-corrected chi connectivity index (χ2v) is 9.80. The first-order chi connectivity index (χ1) is 18.8. The van der Waals surface area contributed by atoms with Gasteiger partial charge in [-0.1, -0.05) is 72.8 Å². The maximum absolute atomic E-state index is 13.6. The van der Waals surface area contributed by atoms with E-state index in [1.807, 2.05) is 35.5 Å². The zero-order valence-electron chi connectivity index (χ0n) is 21.8. The lowest BCUT2D eigenvalue weighted by atomic mass is 9.88. The second kappa shape index (κ2) is 13.2. The Morgan fingerprint density at radius 1 is 0.921 bits per heavy atom. The molecule has 1 saturated heterocycles. The Morgan fingerprint density at radius 2 is 1.63 bits per heavy atom. The van der Waals surface area contributed by atoms with Crippen LogP contribution in [0.2, 0.25) is 0 Å². The third-order valence-corrected chi connectivity index (χ3v) is 7.30. The van der Waals surface area contributed by atoms with Crippen molar-refractivity contribution in [2.45, 2.75) is 18.8 Å². The third-order valence-electron chi connectivity index (χ3n) is 7.30. The van der Waals surface area contributed by atoms with Gasteiger partial charge in [-0.15, -0.1) is 0 Å². The van der Waals surface area contributed by atoms with Crippen LogP contribution in [0.3, 0.4) is 0 Å².